The van der Waals surface area contributed by atoms with E-state index in [1.807, 2.05) is 0 Å². The largest absolute Gasteiger partial charge is 0.478 e. The molecule has 7 heteroatoms. The van der Waals surface area contributed by atoms with Crippen LogP contribution in [0.3, 0.4) is 0 Å². The molecule has 0 saturated carbocycles. The summed E-state index contributed by atoms with van der Waals surface area (Å²) in [5, 5.41) is 19.2. The lowest BCUT2D eigenvalue weighted by Gasteiger charge is -2.00. The number of anilines is 1. The van der Waals surface area contributed by atoms with Crippen molar-refractivity contribution in [3.8, 4) is 0 Å². The zero-order chi connectivity index (χ0) is 13.0. The van der Waals surface area contributed by atoms with Crippen molar-refractivity contribution in [2.75, 3.05) is 5.32 Å². The van der Waals surface area contributed by atoms with Crippen molar-refractivity contribution in [2.24, 2.45) is 0 Å². The van der Waals surface area contributed by atoms with E-state index in [-0.39, 0.29) is 5.91 Å². The lowest BCUT2D eigenvalue weighted by molar-refractivity contribution is -0.131. The van der Waals surface area contributed by atoms with Gasteiger partial charge in [0.15, 0.2) is 0 Å². The number of carbonyl (C=O) groups excluding carboxylic acids is 1. The lowest BCUT2D eigenvalue weighted by atomic mass is 10.2. The summed E-state index contributed by atoms with van der Waals surface area (Å²) in [7, 11) is 0. The first kappa shape index (κ1) is 12.1. The van der Waals surface area contributed by atoms with Crippen LogP contribution >= 0.6 is 11.3 Å². The fourth-order valence-electron chi connectivity index (χ4n) is 1.30. The van der Waals surface area contributed by atoms with Crippen LogP contribution in [0.5, 0.6) is 0 Å². The molecule has 2 rings (SSSR count). The second-order valence-electron chi connectivity index (χ2n) is 3.32. The fraction of sp³-hybridized carbons (Fsp3) is 0. The number of hydrogen-bond donors (Lipinski definition) is 3. The monoisotopic (exact) mass is 263 g/mol. The van der Waals surface area contributed by atoms with E-state index in [0.717, 1.165) is 6.08 Å². The number of carboxylic acid groups (broad SMARTS) is 1. The topological polar surface area (TPSA) is 95.1 Å². The Morgan fingerprint density at radius 2 is 2.33 bits per heavy atom. The number of rotatable bonds is 4. The molecule has 0 spiro atoms. The van der Waals surface area contributed by atoms with Gasteiger partial charge in [-0.15, -0.1) is 11.3 Å². The summed E-state index contributed by atoms with van der Waals surface area (Å²) < 4.78 is 0. The average Bonchev–Trinajstić information content (AvgIpc) is 2.96. The van der Waals surface area contributed by atoms with Gasteiger partial charge in [-0.05, 0) is 23.1 Å². The summed E-state index contributed by atoms with van der Waals surface area (Å²) >= 11 is 1.24. The number of aromatic amines is 1. The number of thiophene rings is 1. The number of carbonyl (C=O) groups is 2. The van der Waals surface area contributed by atoms with Gasteiger partial charge in [-0.2, -0.15) is 5.10 Å². The summed E-state index contributed by atoms with van der Waals surface area (Å²) in [5.41, 5.74) is 1.13. The highest BCUT2D eigenvalue weighted by Gasteiger charge is 2.12. The number of aromatic nitrogens is 2. The molecular weight excluding hydrogens is 254 g/mol. The van der Waals surface area contributed by atoms with Crippen molar-refractivity contribution in [1.29, 1.82) is 0 Å². The van der Waals surface area contributed by atoms with Gasteiger partial charge in [0, 0.05) is 12.3 Å². The van der Waals surface area contributed by atoms with Gasteiger partial charge in [0.05, 0.1) is 16.8 Å². The van der Waals surface area contributed by atoms with Gasteiger partial charge in [-0.25, -0.2) is 4.79 Å². The minimum atomic E-state index is -1.05. The van der Waals surface area contributed by atoms with Crippen LogP contribution < -0.4 is 5.32 Å². The maximum atomic E-state index is 11.9. The number of hydrogen-bond acceptors (Lipinski definition) is 4. The van der Waals surface area contributed by atoms with Crippen LogP contribution in [-0.4, -0.2) is 27.2 Å². The van der Waals surface area contributed by atoms with Gasteiger partial charge in [0.2, 0.25) is 0 Å². The molecule has 0 fully saturated rings. The molecule has 0 aliphatic carbocycles. The zero-order valence-corrected chi connectivity index (χ0v) is 9.90. The van der Waals surface area contributed by atoms with Crippen LogP contribution in [0.25, 0.3) is 6.08 Å². The third kappa shape index (κ3) is 2.83. The van der Waals surface area contributed by atoms with Crippen LogP contribution in [-0.2, 0) is 4.79 Å². The maximum absolute atomic E-state index is 11.9. The second kappa shape index (κ2) is 5.28. The van der Waals surface area contributed by atoms with Crippen LogP contribution in [0, 0.1) is 0 Å². The highest BCUT2D eigenvalue weighted by Crippen LogP contribution is 2.19. The Kier molecular flexibility index (Phi) is 3.54. The average molecular weight is 263 g/mol. The van der Waals surface area contributed by atoms with E-state index in [4.69, 9.17) is 5.11 Å². The molecule has 0 saturated heterocycles. The molecule has 92 valence electrons. The lowest BCUT2D eigenvalue weighted by Crippen LogP contribution is -2.10. The first-order valence-corrected chi connectivity index (χ1v) is 5.83. The number of H-pyrrole nitrogens is 1. The summed E-state index contributed by atoms with van der Waals surface area (Å²) in [6, 6.07) is 1.69. The van der Waals surface area contributed by atoms with Gasteiger partial charge < -0.3 is 10.4 Å². The van der Waals surface area contributed by atoms with Gasteiger partial charge >= 0.3 is 5.97 Å². The molecule has 0 atom stereocenters. The van der Waals surface area contributed by atoms with Crippen LogP contribution in [0.15, 0.2) is 29.9 Å². The number of carboxylic acids is 1. The number of aliphatic carboxylic acids is 1. The van der Waals surface area contributed by atoms with Crippen molar-refractivity contribution >= 4 is 35.0 Å². The fourth-order valence-corrected chi connectivity index (χ4v) is 2.08. The molecule has 0 aromatic carbocycles. The van der Waals surface area contributed by atoms with Crippen molar-refractivity contribution in [3.05, 3.63) is 40.4 Å². The number of nitrogens with one attached hydrogen (secondary N) is 2. The van der Waals surface area contributed by atoms with Gasteiger partial charge in [0.25, 0.3) is 5.91 Å². The normalized spacial score (nSPS) is 10.7. The molecule has 18 heavy (non-hydrogen) atoms. The molecule has 0 aliphatic heterocycles. The number of amides is 1. The second-order valence-corrected chi connectivity index (χ2v) is 4.23. The SMILES string of the molecule is O=C(O)/C=C/c1ccsc1C(=O)Nc1cn[nH]c1. The van der Waals surface area contributed by atoms with Crippen molar-refractivity contribution in [1.82, 2.24) is 10.2 Å². The number of nitrogens with zero attached hydrogens (tertiary/aromatic N) is 1. The molecule has 0 radical (unpaired) electrons. The highest BCUT2D eigenvalue weighted by molar-refractivity contribution is 7.12. The van der Waals surface area contributed by atoms with Crippen LogP contribution in [0.1, 0.15) is 15.2 Å². The van der Waals surface area contributed by atoms with E-state index in [9.17, 15) is 9.59 Å². The summed E-state index contributed by atoms with van der Waals surface area (Å²) in [6.45, 7) is 0. The predicted octanol–water partition coefficient (Wildman–Crippen LogP) is 1.82. The zero-order valence-electron chi connectivity index (χ0n) is 9.08. The molecule has 0 aliphatic rings. The summed E-state index contributed by atoms with van der Waals surface area (Å²) in [5.74, 6) is -1.35. The van der Waals surface area contributed by atoms with Crippen molar-refractivity contribution < 1.29 is 14.7 Å². The maximum Gasteiger partial charge on any atom is 0.328 e. The molecule has 0 unspecified atom stereocenters. The van der Waals surface area contributed by atoms with E-state index in [2.05, 4.69) is 15.5 Å². The van der Waals surface area contributed by atoms with E-state index in [0.29, 0.717) is 16.1 Å². The highest BCUT2D eigenvalue weighted by atomic mass is 32.1. The van der Waals surface area contributed by atoms with Crippen LogP contribution in [0.4, 0.5) is 5.69 Å². The van der Waals surface area contributed by atoms with Crippen molar-refractivity contribution in [2.45, 2.75) is 0 Å². The van der Waals surface area contributed by atoms with E-state index < -0.39 is 5.97 Å². The van der Waals surface area contributed by atoms with E-state index in [1.165, 1.54) is 23.6 Å². The Hall–Kier alpha value is -2.41. The Morgan fingerprint density at radius 1 is 1.50 bits per heavy atom. The quantitative estimate of drug-likeness (QED) is 0.733. The molecule has 6 nitrogen and oxygen atoms in total. The van der Waals surface area contributed by atoms with Gasteiger partial charge in [-0.1, -0.05) is 0 Å². The van der Waals surface area contributed by atoms with Crippen LogP contribution in [0.2, 0.25) is 0 Å². The summed E-state index contributed by atoms with van der Waals surface area (Å²) in [6.07, 6.45) is 5.43. The standard InChI is InChI=1S/C11H9N3O3S/c15-9(16)2-1-7-3-4-18-10(7)11(17)14-8-5-12-13-6-8/h1-6H,(H,12,13)(H,14,17)(H,15,16)/b2-1+. The minimum Gasteiger partial charge on any atom is -0.478 e. The summed E-state index contributed by atoms with van der Waals surface area (Å²) in [4.78, 5) is 22.8. The van der Waals surface area contributed by atoms with E-state index >= 15 is 0 Å². The molecule has 1 amide bonds. The Bertz CT molecular complexity index is 586. The Morgan fingerprint density at radius 3 is 3.00 bits per heavy atom. The predicted molar refractivity (Wildman–Crippen MR) is 67.5 cm³/mol. The van der Waals surface area contributed by atoms with Crippen molar-refractivity contribution in [3.63, 3.8) is 0 Å². The molecule has 3 N–H and O–H groups in total. The third-order valence-electron chi connectivity index (χ3n) is 2.06. The molecule has 2 aromatic heterocycles. The first-order valence-electron chi connectivity index (χ1n) is 4.95. The smallest absolute Gasteiger partial charge is 0.328 e. The van der Waals surface area contributed by atoms with E-state index in [1.54, 1.807) is 17.6 Å². The molecule has 0 bridgehead atoms. The molecular formula is C11H9N3O3S. The minimum absolute atomic E-state index is 0.295. The first-order chi connectivity index (χ1) is 8.66. The third-order valence-corrected chi connectivity index (χ3v) is 2.99. The van der Waals surface area contributed by atoms with Gasteiger partial charge in [-0.3, -0.25) is 9.89 Å². The molecule has 2 heterocycles. The molecule has 2 aromatic rings. The Balaban J connectivity index is 2.16. The Labute approximate surface area is 106 Å². The van der Waals surface area contributed by atoms with Gasteiger partial charge in [0.1, 0.15) is 0 Å².